The molecule has 0 saturated heterocycles. The summed E-state index contributed by atoms with van der Waals surface area (Å²) in [5.41, 5.74) is 4.34. The van der Waals surface area contributed by atoms with Gasteiger partial charge in [0.2, 0.25) is 0 Å². The Hall–Kier alpha value is -3.60. The van der Waals surface area contributed by atoms with E-state index in [1.807, 2.05) is 32.0 Å². The minimum atomic E-state index is -0.280. The van der Waals surface area contributed by atoms with Gasteiger partial charge >= 0.3 is 0 Å². The van der Waals surface area contributed by atoms with Gasteiger partial charge in [0.05, 0.1) is 17.9 Å². The van der Waals surface area contributed by atoms with Crippen molar-refractivity contribution in [3.8, 4) is 5.75 Å². The van der Waals surface area contributed by atoms with Gasteiger partial charge in [0, 0.05) is 11.3 Å². The fourth-order valence-corrected chi connectivity index (χ4v) is 3.60. The summed E-state index contributed by atoms with van der Waals surface area (Å²) < 4.78 is 5.78. The van der Waals surface area contributed by atoms with E-state index in [9.17, 15) is 9.59 Å². The van der Waals surface area contributed by atoms with Gasteiger partial charge in [-0.1, -0.05) is 50.8 Å². The second kappa shape index (κ2) is 12.6. The standard InChI is InChI=1S/C29H34N2O3/c1-4-5-6-7-10-19-34-25-17-14-23(15-18-25)28(32)31-27-12-9-8-11-26(27)29(33)30-24-16-13-21(2)22(3)20-24/h8-9,11-18,20H,4-7,10,19H2,1-3H3,(H,30,33)(H,31,32). The Morgan fingerprint density at radius 2 is 1.50 bits per heavy atom. The lowest BCUT2D eigenvalue weighted by Gasteiger charge is -2.13. The largest absolute Gasteiger partial charge is 0.494 e. The first-order valence-corrected chi connectivity index (χ1v) is 12.0. The number of hydrogen-bond donors (Lipinski definition) is 2. The zero-order valence-corrected chi connectivity index (χ0v) is 20.3. The minimum absolute atomic E-state index is 0.276. The lowest BCUT2D eigenvalue weighted by molar-refractivity contribution is 0.102. The summed E-state index contributed by atoms with van der Waals surface area (Å²) in [4.78, 5) is 25.7. The number of anilines is 2. The highest BCUT2D eigenvalue weighted by atomic mass is 16.5. The van der Waals surface area contributed by atoms with Crippen LogP contribution < -0.4 is 15.4 Å². The lowest BCUT2D eigenvalue weighted by atomic mass is 10.1. The van der Waals surface area contributed by atoms with Gasteiger partial charge in [-0.2, -0.15) is 0 Å². The molecule has 178 valence electrons. The third-order valence-corrected chi connectivity index (χ3v) is 5.82. The number of nitrogens with one attached hydrogen (secondary N) is 2. The topological polar surface area (TPSA) is 67.4 Å². The smallest absolute Gasteiger partial charge is 0.257 e. The number of carbonyl (C=O) groups excluding carboxylic acids is 2. The second-order valence-corrected chi connectivity index (χ2v) is 8.54. The van der Waals surface area contributed by atoms with E-state index >= 15 is 0 Å². The van der Waals surface area contributed by atoms with Gasteiger partial charge < -0.3 is 15.4 Å². The fraction of sp³-hybridized carbons (Fsp3) is 0.310. The molecule has 5 heteroatoms. The quantitative estimate of drug-likeness (QED) is 0.300. The summed E-state index contributed by atoms with van der Waals surface area (Å²) in [7, 11) is 0. The molecule has 0 saturated carbocycles. The Balaban J connectivity index is 1.59. The Morgan fingerprint density at radius 1 is 0.765 bits per heavy atom. The van der Waals surface area contributed by atoms with E-state index in [0.29, 0.717) is 23.4 Å². The number of rotatable bonds is 11. The van der Waals surface area contributed by atoms with Crippen molar-refractivity contribution in [1.82, 2.24) is 0 Å². The minimum Gasteiger partial charge on any atom is -0.494 e. The number of para-hydroxylation sites is 1. The molecule has 5 nitrogen and oxygen atoms in total. The number of hydrogen-bond acceptors (Lipinski definition) is 3. The first-order valence-electron chi connectivity index (χ1n) is 12.0. The van der Waals surface area contributed by atoms with Crippen molar-refractivity contribution in [1.29, 1.82) is 0 Å². The van der Waals surface area contributed by atoms with Gasteiger partial charge in [-0.05, 0) is 79.9 Å². The van der Waals surface area contributed by atoms with Gasteiger partial charge in [-0.3, -0.25) is 9.59 Å². The molecule has 3 aromatic rings. The predicted molar refractivity (Wildman–Crippen MR) is 139 cm³/mol. The van der Waals surface area contributed by atoms with Crippen LogP contribution in [0.15, 0.2) is 66.7 Å². The molecule has 0 atom stereocenters. The number of amides is 2. The highest BCUT2D eigenvalue weighted by Gasteiger charge is 2.15. The Labute approximate surface area is 202 Å². The van der Waals surface area contributed by atoms with Crippen LogP contribution in [-0.2, 0) is 0 Å². The summed E-state index contributed by atoms with van der Waals surface area (Å²) >= 11 is 0. The van der Waals surface area contributed by atoms with E-state index in [1.165, 1.54) is 25.7 Å². The van der Waals surface area contributed by atoms with Gasteiger partial charge in [0.15, 0.2) is 0 Å². The van der Waals surface area contributed by atoms with Crippen LogP contribution in [0.2, 0.25) is 0 Å². The molecule has 2 N–H and O–H groups in total. The highest BCUT2D eigenvalue weighted by Crippen LogP contribution is 2.21. The molecule has 0 heterocycles. The van der Waals surface area contributed by atoms with Gasteiger partial charge in [-0.15, -0.1) is 0 Å². The summed E-state index contributed by atoms with van der Waals surface area (Å²) in [6, 6.07) is 19.8. The van der Waals surface area contributed by atoms with Crippen LogP contribution in [0, 0.1) is 13.8 Å². The maximum Gasteiger partial charge on any atom is 0.257 e. The fourth-order valence-electron chi connectivity index (χ4n) is 3.60. The third kappa shape index (κ3) is 7.20. The third-order valence-electron chi connectivity index (χ3n) is 5.82. The Bertz CT molecular complexity index is 1110. The van der Waals surface area contributed by atoms with Gasteiger partial charge in [0.25, 0.3) is 11.8 Å². The highest BCUT2D eigenvalue weighted by molar-refractivity contribution is 6.12. The molecule has 0 bridgehead atoms. The van der Waals surface area contributed by atoms with Crippen LogP contribution in [0.25, 0.3) is 0 Å². The molecular weight excluding hydrogens is 424 g/mol. The van der Waals surface area contributed by atoms with Crippen LogP contribution in [0.1, 0.15) is 70.9 Å². The molecule has 0 aliphatic carbocycles. The number of ether oxygens (including phenoxy) is 1. The molecule has 34 heavy (non-hydrogen) atoms. The van der Waals surface area contributed by atoms with Gasteiger partial charge in [0.1, 0.15) is 5.75 Å². The Morgan fingerprint density at radius 3 is 2.24 bits per heavy atom. The number of benzene rings is 3. The van der Waals surface area contributed by atoms with E-state index < -0.39 is 0 Å². The second-order valence-electron chi connectivity index (χ2n) is 8.54. The first-order chi connectivity index (χ1) is 16.5. The van der Waals surface area contributed by atoms with Crippen molar-refractivity contribution in [2.75, 3.05) is 17.2 Å². The van der Waals surface area contributed by atoms with E-state index in [0.717, 1.165) is 29.0 Å². The molecular formula is C29H34N2O3. The number of carbonyl (C=O) groups is 2. The van der Waals surface area contributed by atoms with Crippen molar-refractivity contribution < 1.29 is 14.3 Å². The summed E-state index contributed by atoms with van der Waals surface area (Å²) in [5.74, 6) is 0.194. The number of unbranched alkanes of at least 4 members (excludes halogenated alkanes) is 4. The summed E-state index contributed by atoms with van der Waals surface area (Å²) in [5, 5.41) is 5.78. The van der Waals surface area contributed by atoms with Crippen molar-refractivity contribution >= 4 is 23.2 Å². The monoisotopic (exact) mass is 458 g/mol. The summed E-state index contributed by atoms with van der Waals surface area (Å²) in [6.45, 7) is 6.91. The maximum absolute atomic E-state index is 12.9. The molecule has 0 aliphatic heterocycles. The average molecular weight is 459 g/mol. The predicted octanol–water partition coefficient (Wildman–Crippen LogP) is 7.16. The molecule has 0 aromatic heterocycles. The molecule has 3 rings (SSSR count). The van der Waals surface area contributed by atoms with Crippen molar-refractivity contribution in [2.24, 2.45) is 0 Å². The van der Waals surface area contributed by atoms with Crippen molar-refractivity contribution in [3.05, 3.63) is 89.0 Å². The number of aryl methyl sites for hydroxylation is 2. The molecule has 0 aliphatic rings. The van der Waals surface area contributed by atoms with E-state index in [1.54, 1.807) is 48.5 Å². The van der Waals surface area contributed by atoms with Crippen LogP contribution in [0.5, 0.6) is 5.75 Å². The molecule has 2 amide bonds. The molecule has 0 fully saturated rings. The Kier molecular flexibility index (Phi) is 9.27. The zero-order valence-electron chi connectivity index (χ0n) is 20.3. The average Bonchev–Trinajstić information content (AvgIpc) is 2.84. The van der Waals surface area contributed by atoms with Crippen LogP contribution in [0.4, 0.5) is 11.4 Å². The van der Waals surface area contributed by atoms with Gasteiger partial charge in [-0.25, -0.2) is 0 Å². The lowest BCUT2D eigenvalue weighted by Crippen LogP contribution is -2.18. The van der Waals surface area contributed by atoms with Crippen LogP contribution >= 0.6 is 0 Å². The molecule has 0 radical (unpaired) electrons. The molecule has 0 spiro atoms. The van der Waals surface area contributed by atoms with Crippen molar-refractivity contribution in [3.63, 3.8) is 0 Å². The SMILES string of the molecule is CCCCCCCOc1ccc(C(=O)Nc2ccccc2C(=O)Nc2ccc(C)c(C)c2)cc1. The van der Waals surface area contributed by atoms with Crippen LogP contribution in [-0.4, -0.2) is 18.4 Å². The van der Waals surface area contributed by atoms with Crippen molar-refractivity contribution in [2.45, 2.75) is 52.9 Å². The molecule has 0 unspecified atom stereocenters. The van der Waals surface area contributed by atoms with E-state index in [-0.39, 0.29) is 11.8 Å². The first kappa shape index (κ1) is 25.0. The maximum atomic E-state index is 12.9. The summed E-state index contributed by atoms with van der Waals surface area (Å²) in [6.07, 6.45) is 5.93. The van der Waals surface area contributed by atoms with Crippen LogP contribution in [0.3, 0.4) is 0 Å². The van der Waals surface area contributed by atoms with E-state index in [4.69, 9.17) is 4.74 Å². The normalized spacial score (nSPS) is 10.6. The molecule has 3 aromatic carbocycles. The zero-order chi connectivity index (χ0) is 24.3. The van der Waals surface area contributed by atoms with E-state index in [2.05, 4.69) is 17.6 Å².